The molecule has 1 aliphatic rings. The fourth-order valence-electron chi connectivity index (χ4n) is 4.25. The Morgan fingerprint density at radius 1 is 0.829 bits per heavy atom. The summed E-state index contributed by atoms with van der Waals surface area (Å²) in [5, 5.41) is 6.46. The summed E-state index contributed by atoms with van der Waals surface area (Å²) >= 11 is 0. The number of anilines is 1. The highest BCUT2D eigenvalue weighted by molar-refractivity contribution is 5.85. The van der Waals surface area contributed by atoms with Gasteiger partial charge in [0.25, 0.3) is 0 Å². The van der Waals surface area contributed by atoms with Gasteiger partial charge in [0.1, 0.15) is 17.3 Å². The molecule has 0 aliphatic carbocycles. The number of benzene rings is 3. The van der Waals surface area contributed by atoms with Gasteiger partial charge < -0.3 is 14.3 Å². The van der Waals surface area contributed by atoms with Gasteiger partial charge in [-0.1, -0.05) is 59.8 Å². The van der Waals surface area contributed by atoms with Crippen molar-refractivity contribution in [3.63, 3.8) is 0 Å². The van der Waals surface area contributed by atoms with Crippen LogP contribution in [0.2, 0.25) is 0 Å². The second-order valence-corrected chi connectivity index (χ2v) is 8.43. The van der Waals surface area contributed by atoms with E-state index in [-0.39, 0.29) is 0 Å². The molecule has 0 N–H and O–H groups in total. The van der Waals surface area contributed by atoms with Gasteiger partial charge in [0.05, 0.1) is 0 Å². The molecule has 0 unspecified atom stereocenters. The number of hydrogen-bond donors (Lipinski definition) is 0. The van der Waals surface area contributed by atoms with E-state index in [0.29, 0.717) is 30.2 Å². The van der Waals surface area contributed by atoms with Gasteiger partial charge in [0.2, 0.25) is 5.88 Å². The van der Waals surface area contributed by atoms with Crippen LogP contribution in [-0.2, 0) is 6.54 Å². The van der Waals surface area contributed by atoms with E-state index in [2.05, 4.69) is 45.3 Å². The topological polar surface area (TPSA) is 32.5 Å². The van der Waals surface area contributed by atoms with Gasteiger partial charge >= 0.3 is 0 Å². The van der Waals surface area contributed by atoms with Gasteiger partial charge in [-0.2, -0.15) is 0 Å². The Morgan fingerprint density at radius 2 is 1.57 bits per heavy atom. The molecule has 35 heavy (non-hydrogen) atoms. The van der Waals surface area contributed by atoms with Crippen LogP contribution in [0.5, 0.6) is 0 Å². The Hall–Kier alpha value is -4.19. The van der Waals surface area contributed by atoms with Crippen LogP contribution in [0.15, 0.2) is 108 Å². The molecule has 0 saturated carbocycles. The quantitative estimate of drug-likeness (QED) is 0.276. The van der Waals surface area contributed by atoms with Crippen LogP contribution in [0.4, 0.5) is 14.7 Å². The molecule has 3 aromatic carbocycles. The van der Waals surface area contributed by atoms with Gasteiger partial charge in [-0.05, 0) is 47.0 Å². The van der Waals surface area contributed by atoms with E-state index in [1.54, 1.807) is 6.07 Å². The maximum atomic E-state index is 13.8. The molecule has 0 saturated heterocycles. The Morgan fingerprint density at radius 3 is 2.37 bits per heavy atom. The summed E-state index contributed by atoms with van der Waals surface area (Å²) in [6.07, 6.45) is 13.0. The van der Waals surface area contributed by atoms with Gasteiger partial charge in [0, 0.05) is 49.7 Å². The van der Waals surface area contributed by atoms with Gasteiger partial charge in [-0.25, -0.2) is 8.78 Å². The number of allylic oxidation sites excluding steroid dienone is 4. The minimum Gasteiger partial charge on any atom is -0.354 e. The summed E-state index contributed by atoms with van der Waals surface area (Å²) in [5.41, 5.74) is 1.90. The minimum absolute atomic E-state index is 0.343. The van der Waals surface area contributed by atoms with E-state index in [1.807, 2.05) is 48.8 Å². The largest absolute Gasteiger partial charge is 0.354 e. The highest BCUT2D eigenvalue weighted by Gasteiger charge is 2.17. The molecule has 0 bridgehead atoms. The van der Waals surface area contributed by atoms with Crippen molar-refractivity contribution in [2.45, 2.75) is 13.0 Å². The number of fused-ring (bicyclic) bond motifs is 1. The first kappa shape index (κ1) is 22.6. The smallest absolute Gasteiger partial charge is 0.228 e. The normalized spacial score (nSPS) is 12.9. The lowest BCUT2D eigenvalue weighted by Crippen LogP contribution is -2.26. The van der Waals surface area contributed by atoms with Gasteiger partial charge in [0.15, 0.2) is 0 Å². The number of aromatic nitrogens is 1. The van der Waals surface area contributed by atoms with E-state index in [4.69, 9.17) is 4.52 Å². The highest BCUT2D eigenvalue weighted by atomic mass is 19.1. The van der Waals surface area contributed by atoms with Gasteiger partial charge in [-0.3, -0.25) is 0 Å². The predicted molar refractivity (Wildman–Crippen MR) is 136 cm³/mol. The number of halogens is 2. The Balaban J connectivity index is 1.41. The van der Waals surface area contributed by atoms with Crippen molar-refractivity contribution in [1.82, 2.24) is 10.1 Å². The molecule has 6 heteroatoms. The first-order valence-electron chi connectivity index (χ1n) is 11.6. The zero-order valence-electron chi connectivity index (χ0n) is 19.1. The maximum absolute atomic E-state index is 13.8. The molecule has 5 rings (SSSR count). The molecular formula is C29H25F2N3O. The molecule has 176 valence electrons. The van der Waals surface area contributed by atoms with Gasteiger partial charge in [-0.15, -0.1) is 0 Å². The van der Waals surface area contributed by atoms with Crippen LogP contribution in [-0.4, -0.2) is 23.1 Å². The Bertz CT molecular complexity index is 1360. The predicted octanol–water partition coefficient (Wildman–Crippen LogP) is 7.07. The minimum atomic E-state index is -0.648. The monoisotopic (exact) mass is 469 g/mol. The van der Waals surface area contributed by atoms with Crippen molar-refractivity contribution >= 4 is 16.7 Å². The number of rotatable bonds is 8. The Kier molecular flexibility index (Phi) is 6.70. The molecule has 4 nitrogen and oxygen atoms in total. The van der Waals surface area contributed by atoms with Crippen LogP contribution in [0.3, 0.4) is 0 Å². The molecule has 0 fully saturated rings. The molecule has 1 aromatic heterocycles. The average molecular weight is 470 g/mol. The molecule has 1 aliphatic heterocycles. The molecule has 0 amide bonds. The van der Waals surface area contributed by atoms with Crippen molar-refractivity contribution < 1.29 is 13.3 Å². The van der Waals surface area contributed by atoms with E-state index < -0.39 is 11.6 Å². The van der Waals surface area contributed by atoms with Crippen molar-refractivity contribution in [2.24, 2.45) is 0 Å². The zero-order valence-corrected chi connectivity index (χ0v) is 19.1. The second-order valence-electron chi connectivity index (χ2n) is 8.43. The van der Waals surface area contributed by atoms with E-state index in [9.17, 15) is 8.78 Å². The summed E-state index contributed by atoms with van der Waals surface area (Å²) in [7, 11) is 0. The SMILES string of the molecule is Fc1cc(F)cc(-c2cc(N(CCCN3C=CC=CC=C3)Cc3cccc4ccccc34)on2)c1. The summed E-state index contributed by atoms with van der Waals surface area (Å²) in [4.78, 5) is 4.26. The van der Waals surface area contributed by atoms with E-state index >= 15 is 0 Å². The number of hydrogen-bond acceptors (Lipinski definition) is 4. The van der Waals surface area contributed by atoms with E-state index in [1.165, 1.54) is 22.9 Å². The standard InChI is InChI=1S/C29H25F2N3O/c30-25-17-24(18-26(31)19-25)28-20-29(35-32-28)34(16-8-15-33-13-5-1-2-6-14-33)21-23-11-7-10-22-9-3-4-12-27(22)23/h1-7,9-14,17-20H,8,15-16,21H2. The lowest BCUT2D eigenvalue weighted by molar-refractivity contribution is 0.411. The third-order valence-electron chi connectivity index (χ3n) is 5.94. The van der Waals surface area contributed by atoms with Crippen LogP contribution < -0.4 is 4.90 Å². The lowest BCUT2D eigenvalue weighted by atomic mass is 10.0. The van der Waals surface area contributed by atoms with Crippen LogP contribution in [0, 0.1) is 11.6 Å². The fourth-order valence-corrected chi connectivity index (χ4v) is 4.25. The third kappa shape index (κ3) is 5.49. The first-order valence-corrected chi connectivity index (χ1v) is 11.6. The maximum Gasteiger partial charge on any atom is 0.228 e. The average Bonchev–Trinajstić information content (AvgIpc) is 3.21. The molecule has 2 heterocycles. The Labute approximate surface area is 203 Å². The zero-order chi connectivity index (χ0) is 24.0. The van der Waals surface area contributed by atoms with Crippen molar-refractivity contribution in [3.8, 4) is 11.3 Å². The van der Waals surface area contributed by atoms with Crippen LogP contribution in [0.1, 0.15) is 12.0 Å². The second kappa shape index (κ2) is 10.4. The lowest BCUT2D eigenvalue weighted by Gasteiger charge is -2.24. The first-order chi connectivity index (χ1) is 17.2. The van der Waals surface area contributed by atoms with Crippen LogP contribution >= 0.6 is 0 Å². The molecule has 0 spiro atoms. The fraction of sp³-hybridized carbons (Fsp3) is 0.138. The highest BCUT2D eigenvalue weighted by Crippen LogP contribution is 2.28. The third-order valence-corrected chi connectivity index (χ3v) is 5.94. The molecular weight excluding hydrogens is 444 g/mol. The van der Waals surface area contributed by atoms with Crippen molar-refractivity contribution in [3.05, 3.63) is 121 Å². The summed E-state index contributed by atoms with van der Waals surface area (Å²) in [5.74, 6) is -0.739. The molecule has 0 atom stereocenters. The molecule has 4 aromatic rings. The summed E-state index contributed by atoms with van der Waals surface area (Å²) in [6.45, 7) is 2.15. The van der Waals surface area contributed by atoms with E-state index in [0.717, 1.165) is 24.6 Å². The van der Waals surface area contributed by atoms with Crippen molar-refractivity contribution in [2.75, 3.05) is 18.0 Å². The molecule has 0 radical (unpaired) electrons. The summed E-state index contributed by atoms with van der Waals surface area (Å²) in [6, 6.07) is 19.6. The summed E-state index contributed by atoms with van der Waals surface area (Å²) < 4.78 is 33.2. The number of nitrogens with zero attached hydrogens (tertiary/aromatic N) is 3. The van der Waals surface area contributed by atoms with Crippen LogP contribution in [0.25, 0.3) is 22.0 Å². The van der Waals surface area contributed by atoms with Crippen molar-refractivity contribution in [1.29, 1.82) is 0 Å².